The summed E-state index contributed by atoms with van der Waals surface area (Å²) >= 11 is 0. The van der Waals surface area contributed by atoms with E-state index in [9.17, 15) is 19.8 Å². The monoisotopic (exact) mass is 427 g/mol. The van der Waals surface area contributed by atoms with Crippen molar-refractivity contribution in [2.45, 2.75) is 6.92 Å². The third kappa shape index (κ3) is 3.14. The minimum atomic E-state index is -1.03. The Kier molecular flexibility index (Phi) is 4.41. The number of H-pyrrole nitrogens is 2. The zero-order valence-electron chi connectivity index (χ0n) is 16.8. The second kappa shape index (κ2) is 7.28. The number of fused-ring (bicyclic) bond motifs is 1. The summed E-state index contributed by atoms with van der Waals surface area (Å²) < 4.78 is 5.70. The molecule has 0 saturated carbocycles. The second-order valence-corrected chi connectivity index (χ2v) is 7.34. The molecular formula is C24H17N3O5. The lowest BCUT2D eigenvalue weighted by molar-refractivity contribution is 0.0697. The second-order valence-electron chi connectivity index (χ2n) is 7.34. The Morgan fingerprint density at radius 2 is 1.88 bits per heavy atom. The molecule has 3 aromatic heterocycles. The highest BCUT2D eigenvalue weighted by molar-refractivity contribution is 6.00. The molecule has 0 aliphatic heterocycles. The Morgan fingerprint density at radius 1 is 1.09 bits per heavy atom. The number of carbonyl (C=O) groups is 1. The lowest BCUT2D eigenvalue weighted by atomic mass is 10.1. The number of aromatic hydroxyl groups is 1. The van der Waals surface area contributed by atoms with Crippen LogP contribution >= 0.6 is 0 Å². The van der Waals surface area contributed by atoms with Gasteiger partial charge in [0.15, 0.2) is 5.76 Å². The fourth-order valence-electron chi connectivity index (χ4n) is 3.69. The summed E-state index contributed by atoms with van der Waals surface area (Å²) in [4.78, 5) is 34.6. The standard InChI is InChI=1S/C24H17N3O5/c1-12-9-18(28)21(29)22(32-12)20-19(13-5-3-2-4-6-13)26-23(27-20)16-11-25-17-8-7-14(24(30)31)10-15(16)17/h2-11,25,29H,1H3,(H,26,27)(H,30,31). The normalized spacial score (nSPS) is 11.2. The highest BCUT2D eigenvalue weighted by Crippen LogP contribution is 2.37. The van der Waals surface area contributed by atoms with Crippen LogP contribution in [-0.2, 0) is 0 Å². The summed E-state index contributed by atoms with van der Waals surface area (Å²) in [6, 6.07) is 15.3. The molecule has 3 heterocycles. The Labute approximate surface area is 180 Å². The molecule has 0 aliphatic rings. The molecule has 5 rings (SSSR count). The van der Waals surface area contributed by atoms with Crippen molar-refractivity contribution in [1.29, 1.82) is 0 Å². The van der Waals surface area contributed by atoms with Crippen LogP contribution in [-0.4, -0.2) is 31.1 Å². The Morgan fingerprint density at radius 3 is 2.62 bits per heavy atom. The molecule has 5 aromatic rings. The molecule has 0 bridgehead atoms. The molecule has 0 fully saturated rings. The van der Waals surface area contributed by atoms with Crippen molar-refractivity contribution in [3.8, 4) is 39.8 Å². The van der Waals surface area contributed by atoms with Gasteiger partial charge < -0.3 is 24.6 Å². The predicted octanol–water partition coefficient (Wildman–Crippen LogP) is 4.56. The fraction of sp³-hybridized carbons (Fsp3) is 0.0417. The van der Waals surface area contributed by atoms with Gasteiger partial charge in [-0.3, -0.25) is 4.79 Å². The number of benzene rings is 2. The van der Waals surface area contributed by atoms with Gasteiger partial charge in [0.1, 0.15) is 23.0 Å². The van der Waals surface area contributed by atoms with Crippen LogP contribution in [0.5, 0.6) is 5.75 Å². The lowest BCUT2D eigenvalue weighted by Gasteiger charge is -2.05. The lowest BCUT2D eigenvalue weighted by Crippen LogP contribution is -2.01. The Balaban J connectivity index is 1.78. The molecule has 0 aliphatic carbocycles. The maximum atomic E-state index is 12.2. The van der Waals surface area contributed by atoms with Crippen LogP contribution in [0.25, 0.3) is 45.0 Å². The molecule has 0 atom stereocenters. The number of carboxylic acids is 1. The zero-order chi connectivity index (χ0) is 22.4. The molecule has 0 saturated heterocycles. The molecule has 0 spiro atoms. The quantitative estimate of drug-likeness (QED) is 0.332. The number of nitrogens with zero attached hydrogens (tertiary/aromatic N) is 1. The molecule has 32 heavy (non-hydrogen) atoms. The van der Waals surface area contributed by atoms with Crippen LogP contribution in [0.1, 0.15) is 16.1 Å². The van der Waals surface area contributed by atoms with Gasteiger partial charge in [-0.1, -0.05) is 30.3 Å². The summed E-state index contributed by atoms with van der Waals surface area (Å²) in [5.74, 6) is -0.795. The molecule has 0 unspecified atom stereocenters. The average molecular weight is 427 g/mol. The van der Waals surface area contributed by atoms with Crippen LogP contribution in [0.2, 0.25) is 0 Å². The van der Waals surface area contributed by atoms with Crippen molar-refractivity contribution < 1.29 is 19.4 Å². The molecule has 8 nitrogen and oxygen atoms in total. The third-order valence-electron chi connectivity index (χ3n) is 5.21. The van der Waals surface area contributed by atoms with E-state index in [1.54, 1.807) is 25.3 Å². The van der Waals surface area contributed by atoms with Gasteiger partial charge in [0.2, 0.25) is 11.2 Å². The number of aromatic amines is 2. The molecule has 4 N–H and O–H groups in total. The maximum absolute atomic E-state index is 12.2. The highest BCUT2D eigenvalue weighted by atomic mass is 16.4. The first-order valence-electron chi connectivity index (χ1n) is 9.76. The van der Waals surface area contributed by atoms with Gasteiger partial charge in [-0.05, 0) is 25.1 Å². The first kappa shape index (κ1) is 19.4. The van der Waals surface area contributed by atoms with Gasteiger partial charge >= 0.3 is 5.97 Å². The van der Waals surface area contributed by atoms with E-state index >= 15 is 0 Å². The molecule has 2 aromatic carbocycles. The number of aromatic carboxylic acids is 1. The first-order chi connectivity index (χ1) is 15.4. The number of carboxylic acid groups (broad SMARTS) is 1. The van der Waals surface area contributed by atoms with Crippen molar-refractivity contribution >= 4 is 16.9 Å². The third-order valence-corrected chi connectivity index (χ3v) is 5.21. The van der Waals surface area contributed by atoms with E-state index in [2.05, 4.69) is 9.97 Å². The summed E-state index contributed by atoms with van der Waals surface area (Å²) in [6.45, 7) is 1.62. The van der Waals surface area contributed by atoms with Crippen molar-refractivity contribution in [3.05, 3.63) is 82.3 Å². The smallest absolute Gasteiger partial charge is 0.335 e. The average Bonchev–Trinajstić information content (AvgIpc) is 3.40. The topological polar surface area (TPSA) is 132 Å². The van der Waals surface area contributed by atoms with E-state index in [0.29, 0.717) is 33.9 Å². The molecule has 0 amide bonds. The van der Waals surface area contributed by atoms with Crippen LogP contribution in [0.3, 0.4) is 0 Å². The van der Waals surface area contributed by atoms with E-state index in [1.807, 2.05) is 30.3 Å². The van der Waals surface area contributed by atoms with Crippen molar-refractivity contribution in [2.24, 2.45) is 0 Å². The summed E-state index contributed by atoms with van der Waals surface area (Å²) in [7, 11) is 0. The summed E-state index contributed by atoms with van der Waals surface area (Å²) in [5.41, 5.74) is 2.55. The van der Waals surface area contributed by atoms with Crippen molar-refractivity contribution in [2.75, 3.05) is 0 Å². The Bertz CT molecular complexity index is 1540. The minimum absolute atomic E-state index is 0.0151. The minimum Gasteiger partial charge on any atom is -0.501 e. The summed E-state index contributed by atoms with van der Waals surface area (Å²) in [6.07, 6.45) is 1.72. The van der Waals surface area contributed by atoms with E-state index in [-0.39, 0.29) is 11.3 Å². The van der Waals surface area contributed by atoms with Crippen LogP contribution in [0.4, 0.5) is 0 Å². The highest BCUT2D eigenvalue weighted by Gasteiger charge is 2.23. The fourth-order valence-corrected chi connectivity index (χ4v) is 3.69. The van der Waals surface area contributed by atoms with Gasteiger partial charge in [0.25, 0.3) is 0 Å². The number of aryl methyl sites for hydroxylation is 1. The van der Waals surface area contributed by atoms with E-state index < -0.39 is 17.1 Å². The SMILES string of the molecule is Cc1cc(=O)c(O)c(-c2[nH]c(-c3c[nH]c4ccc(C(=O)O)cc34)nc2-c2ccccc2)o1. The van der Waals surface area contributed by atoms with Gasteiger partial charge in [0.05, 0.1) is 5.56 Å². The van der Waals surface area contributed by atoms with Crippen LogP contribution in [0, 0.1) is 6.92 Å². The molecular weight excluding hydrogens is 410 g/mol. The van der Waals surface area contributed by atoms with E-state index in [0.717, 1.165) is 11.1 Å². The number of imidazole rings is 1. The largest absolute Gasteiger partial charge is 0.501 e. The summed E-state index contributed by atoms with van der Waals surface area (Å²) in [5, 5.41) is 20.5. The van der Waals surface area contributed by atoms with Crippen LogP contribution < -0.4 is 5.43 Å². The van der Waals surface area contributed by atoms with Crippen molar-refractivity contribution in [3.63, 3.8) is 0 Å². The zero-order valence-corrected chi connectivity index (χ0v) is 16.8. The molecule has 8 heteroatoms. The maximum Gasteiger partial charge on any atom is 0.335 e. The van der Waals surface area contributed by atoms with Gasteiger partial charge in [-0.25, -0.2) is 9.78 Å². The number of aromatic nitrogens is 3. The first-order valence-corrected chi connectivity index (χ1v) is 9.76. The van der Waals surface area contributed by atoms with Gasteiger partial charge in [-0.2, -0.15) is 0 Å². The van der Waals surface area contributed by atoms with Crippen molar-refractivity contribution in [1.82, 2.24) is 15.0 Å². The van der Waals surface area contributed by atoms with Gasteiger partial charge in [0, 0.05) is 34.3 Å². The number of nitrogens with one attached hydrogen (secondary N) is 2. The Hall–Kier alpha value is -4.59. The predicted molar refractivity (Wildman–Crippen MR) is 119 cm³/mol. The van der Waals surface area contributed by atoms with Crippen LogP contribution in [0.15, 0.2) is 70.0 Å². The molecule has 158 valence electrons. The van der Waals surface area contributed by atoms with E-state index in [1.165, 1.54) is 12.1 Å². The molecule has 0 radical (unpaired) electrons. The number of hydrogen-bond acceptors (Lipinski definition) is 5. The van der Waals surface area contributed by atoms with E-state index in [4.69, 9.17) is 9.40 Å². The number of rotatable bonds is 4. The van der Waals surface area contributed by atoms with Gasteiger partial charge in [-0.15, -0.1) is 0 Å². The number of hydrogen-bond donors (Lipinski definition) is 4.